The van der Waals surface area contributed by atoms with Gasteiger partial charge in [0.1, 0.15) is 0 Å². The van der Waals surface area contributed by atoms with Gasteiger partial charge in [-0.25, -0.2) is 13.2 Å². The zero-order chi connectivity index (χ0) is 18.4. The predicted molar refractivity (Wildman–Crippen MR) is 97.2 cm³/mol. The molecule has 2 aromatic rings. The predicted octanol–water partition coefficient (Wildman–Crippen LogP) is 3.04. The van der Waals surface area contributed by atoms with Gasteiger partial charge in [-0.15, -0.1) is 0 Å². The number of esters is 1. The fourth-order valence-corrected chi connectivity index (χ4v) is 3.58. The van der Waals surface area contributed by atoms with Gasteiger partial charge in [0.05, 0.1) is 29.0 Å². The van der Waals surface area contributed by atoms with Crippen molar-refractivity contribution >= 4 is 43.3 Å². The first-order chi connectivity index (χ1) is 11.8. The second-order valence-corrected chi connectivity index (χ2v) is 8.13. The summed E-state index contributed by atoms with van der Waals surface area (Å²) in [4.78, 5) is 23.9. The molecule has 2 aromatic carbocycles. The van der Waals surface area contributed by atoms with Gasteiger partial charge in [-0.3, -0.25) is 4.79 Å². The second kappa shape index (κ2) is 8.26. The van der Waals surface area contributed by atoms with Crippen molar-refractivity contribution < 1.29 is 22.7 Å². The summed E-state index contributed by atoms with van der Waals surface area (Å²) >= 11 is 3.24. The third-order valence-corrected chi connectivity index (χ3v) is 5.64. The summed E-state index contributed by atoms with van der Waals surface area (Å²) in [6, 6.07) is 12.6. The molecule has 0 radical (unpaired) electrons. The van der Waals surface area contributed by atoms with E-state index in [-0.39, 0.29) is 28.3 Å². The first-order valence-corrected chi connectivity index (χ1v) is 9.73. The number of para-hydroxylation sites is 1. The fraction of sp³-hybridized carbons (Fsp3) is 0.176. The Kier molecular flexibility index (Phi) is 6.33. The SMILES string of the molecule is COC(=O)c1ccccc1NC(=O)CCS(=O)(=O)c1ccc(Br)cc1. The highest BCUT2D eigenvalue weighted by molar-refractivity contribution is 9.10. The first-order valence-electron chi connectivity index (χ1n) is 7.29. The lowest BCUT2D eigenvalue weighted by molar-refractivity contribution is -0.115. The number of carbonyl (C=O) groups is 2. The molecule has 0 aromatic heterocycles. The van der Waals surface area contributed by atoms with E-state index in [1.54, 1.807) is 30.3 Å². The maximum Gasteiger partial charge on any atom is 0.339 e. The lowest BCUT2D eigenvalue weighted by Gasteiger charge is -2.10. The van der Waals surface area contributed by atoms with Crippen molar-refractivity contribution in [2.45, 2.75) is 11.3 Å². The molecule has 0 aliphatic rings. The molecule has 0 unspecified atom stereocenters. The van der Waals surface area contributed by atoms with Gasteiger partial charge in [0.25, 0.3) is 0 Å². The molecule has 0 saturated heterocycles. The lowest BCUT2D eigenvalue weighted by atomic mass is 10.2. The zero-order valence-electron chi connectivity index (χ0n) is 13.4. The average molecular weight is 426 g/mol. The van der Waals surface area contributed by atoms with Gasteiger partial charge in [0, 0.05) is 10.9 Å². The summed E-state index contributed by atoms with van der Waals surface area (Å²) in [5, 5.41) is 2.55. The topological polar surface area (TPSA) is 89.5 Å². The van der Waals surface area contributed by atoms with E-state index in [1.807, 2.05) is 0 Å². The minimum Gasteiger partial charge on any atom is -0.465 e. The number of halogens is 1. The summed E-state index contributed by atoms with van der Waals surface area (Å²) < 4.78 is 29.9. The number of methoxy groups -OCH3 is 1. The van der Waals surface area contributed by atoms with Gasteiger partial charge in [-0.2, -0.15) is 0 Å². The van der Waals surface area contributed by atoms with Gasteiger partial charge >= 0.3 is 5.97 Å². The van der Waals surface area contributed by atoms with E-state index in [4.69, 9.17) is 0 Å². The van der Waals surface area contributed by atoms with Crippen LogP contribution in [0.5, 0.6) is 0 Å². The van der Waals surface area contributed by atoms with Gasteiger partial charge in [0.15, 0.2) is 9.84 Å². The minimum absolute atomic E-state index is 0.151. The minimum atomic E-state index is -3.57. The maximum absolute atomic E-state index is 12.3. The molecule has 0 heterocycles. The highest BCUT2D eigenvalue weighted by atomic mass is 79.9. The van der Waals surface area contributed by atoms with Crippen LogP contribution < -0.4 is 5.32 Å². The Morgan fingerprint density at radius 1 is 1.08 bits per heavy atom. The van der Waals surface area contributed by atoms with E-state index in [9.17, 15) is 18.0 Å². The van der Waals surface area contributed by atoms with Crippen LogP contribution in [-0.2, 0) is 19.4 Å². The number of sulfone groups is 1. The average Bonchev–Trinajstić information content (AvgIpc) is 2.60. The van der Waals surface area contributed by atoms with E-state index in [0.717, 1.165) is 4.47 Å². The standard InChI is InChI=1S/C17H16BrNO5S/c1-24-17(21)14-4-2-3-5-15(14)19-16(20)10-11-25(22,23)13-8-6-12(18)7-9-13/h2-9H,10-11H2,1H3,(H,19,20). The molecule has 0 saturated carbocycles. The first kappa shape index (κ1) is 19.1. The number of anilines is 1. The van der Waals surface area contributed by atoms with E-state index in [2.05, 4.69) is 26.0 Å². The molecular formula is C17H16BrNO5S. The zero-order valence-corrected chi connectivity index (χ0v) is 15.8. The Balaban J connectivity index is 2.04. The van der Waals surface area contributed by atoms with Crippen molar-refractivity contribution in [2.75, 3.05) is 18.2 Å². The largest absolute Gasteiger partial charge is 0.465 e. The Morgan fingerprint density at radius 2 is 1.72 bits per heavy atom. The molecule has 6 nitrogen and oxygen atoms in total. The molecule has 0 aliphatic carbocycles. The molecule has 0 atom stereocenters. The Labute approximate surface area is 154 Å². The van der Waals surface area contributed by atoms with Crippen LogP contribution in [0.15, 0.2) is 57.9 Å². The van der Waals surface area contributed by atoms with Crippen LogP contribution in [0.3, 0.4) is 0 Å². The summed E-state index contributed by atoms with van der Waals surface area (Å²) in [7, 11) is -2.33. The third-order valence-electron chi connectivity index (χ3n) is 3.38. The number of benzene rings is 2. The van der Waals surface area contributed by atoms with E-state index in [1.165, 1.54) is 25.3 Å². The molecule has 25 heavy (non-hydrogen) atoms. The van der Waals surface area contributed by atoms with Crippen LogP contribution in [0.4, 0.5) is 5.69 Å². The van der Waals surface area contributed by atoms with Crippen LogP contribution >= 0.6 is 15.9 Å². The highest BCUT2D eigenvalue weighted by Gasteiger charge is 2.18. The molecule has 2 rings (SSSR count). The lowest BCUT2D eigenvalue weighted by Crippen LogP contribution is -2.19. The van der Waals surface area contributed by atoms with Crippen LogP contribution in [-0.4, -0.2) is 33.2 Å². The van der Waals surface area contributed by atoms with Crippen molar-refractivity contribution in [3.8, 4) is 0 Å². The Morgan fingerprint density at radius 3 is 2.36 bits per heavy atom. The monoisotopic (exact) mass is 425 g/mol. The van der Waals surface area contributed by atoms with Gasteiger partial charge < -0.3 is 10.1 Å². The van der Waals surface area contributed by atoms with Crippen molar-refractivity contribution in [2.24, 2.45) is 0 Å². The van der Waals surface area contributed by atoms with Crippen molar-refractivity contribution in [1.29, 1.82) is 0 Å². The molecule has 0 spiro atoms. The molecule has 0 fully saturated rings. The normalized spacial score (nSPS) is 11.0. The van der Waals surface area contributed by atoms with E-state index in [0.29, 0.717) is 0 Å². The molecule has 8 heteroatoms. The summed E-state index contributed by atoms with van der Waals surface area (Å²) in [5.41, 5.74) is 0.481. The molecule has 132 valence electrons. The number of ether oxygens (including phenoxy) is 1. The molecule has 0 bridgehead atoms. The highest BCUT2D eigenvalue weighted by Crippen LogP contribution is 2.18. The van der Waals surface area contributed by atoms with Crippen molar-refractivity contribution in [1.82, 2.24) is 0 Å². The molecule has 1 amide bonds. The second-order valence-electron chi connectivity index (χ2n) is 5.11. The number of hydrogen-bond donors (Lipinski definition) is 1. The molecular weight excluding hydrogens is 410 g/mol. The number of nitrogens with one attached hydrogen (secondary N) is 1. The summed E-state index contributed by atoms with van der Waals surface area (Å²) in [5.74, 6) is -1.42. The van der Waals surface area contributed by atoms with Gasteiger partial charge in [-0.05, 0) is 36.4 Å². The van der Waals surface area contributed by atoms with Crippen molar-refractivity contribution in [3.63, 3.8) is 0 Å². The van der Waals surface area contributed by atoms with Crippen molar-refractivity contribution in [3.05, 3.63) is 58.6 Å². The van der Waals surface area contributed by atoms with Gasteiger partial charge in [0.2, 0.25) is 5.91 Å². The molecule has 0 aliphatic heterocycles. The number of rotatable bonds is 6. The molecule has 1 N–H and O–H groups in total. The Bertz CT molecular complexity index is 878. The van der Waals surface area contributed by atoms with Crippen LogP contribution in [0, 0.1) is 0 Å². The maximum atomic E-state index is 12.3. The number of amides is 1. The number of carbonyl (C=O) groups excluding carboxylic acids is 2. The smallest absolute Gasteiger partial charge is 0.339 e. The van der Waals surface area contributed by atoms with E-state index < -0.39 is 21.7 Å². The van der Waals surface area contributed by atoms with Crippen LogP contribution in [0.25, 0.3) is 0 Å². The van der Waals surface area contributed by atoms with Crippen LogP contribution in [0.1, 0.15) is 16.8 Å². The van der Waals surface area contributed by atoms with Crippen LogP contribution in [0.2, 0.25) is 0 Å². The number of hydrogen-bond acceptors (Lipinski definition) is 5. The van der Waals surface area contributed by atoms with Gasteiger partial charge in [-0.1, -0.05) is 28.1 Å². The Hall–Kier alpha value is -2.19. The summed E-state index contributed by atoms with van der Waals surface area (Å²) in [6.45, 7) is 0. The quantitative estimate of drug-likeness (QED) is 0.718. The fourth-order valence-electron chi connectivity index (χ4n) is 2.08. The third kappa shape index (κ3) is 5.14. The summed E-state index contributed by atoms with van der Waals surface area (Å²) in [6.07, 6.45) is -0.228. The van der Waals surface area contributed by atoms with E-state index >= 15 is 0 Å².